The lowest BCUT2D eigenvalue weighted by Crippen LogP contribution is -2.54. The van der Waals surface area contributed by atoms with Gasteiger partial charge in [-0.2, -0.15) is 0 Å². The van der Waals surface area contributed by atoms with Gasteiger partial charge in [0.15, 0.2) is 29.5 Å². The Morgan fingerprint density at radius 3 is 0.909 bits per heavy atom. The van der Waals surface area contributed by atoms with Crippen molar-refractivity contribution in [2.45, 2.75) is 38.9 Å². The third kappa shape index (κ3) is 8.40. The van der Waals surface area contributed by atoms with Crippen molar-refractivity contribution < 1.29 is 25.3 Å². The molecule has 0 spiro atoms. The molecule has 0 aliphatic rings. The lowest BCUT2D eigenvalue weighted by molar-refractivity contribution is 0.437. The smallest absolute Gasteiger partial charge is 0.247 e. The van der Waals surface area contributed by atoms with Gasteiger partial charge in [0.2, 0.25) is 0 Å². The maximum Gasteiger partial charge on any atom is 0.336 e. The van der Waals surface area contributed by atoms with E-state index in [0.29, 0.717) is 13.7 Å². The van der Waals surface area contributed by atoms with Gasteiger partial charge in [-0.1, -0.05) is 19.7 Å². The number of nitrogens with zero attached hydrogens (tertiary/aromatic N) is 3. The van der Waals surface area contributed by atoms with E-state index in [2.05, 4.69) is 19.7 Å². The summed E-state index contributed by atoms with van der Waals surface area (Å²) in [6.07, 6.45) is -0.383. The molecular formula is C18H27N3O9S3. The van der Waals surface area contributed by atoms with E-state index < -0.39 is 63.8 Å². The Bertz CT molecular complexity index is 1190. The van der Waals surface area contributed by atoms with Crippen LogP contribution in [0.4, 0.5) is 0 Å². The monoisotopic (exact) mass is 525 g/mol. The van der Waals surface area contributed by atoms with Crippen LogP contribution in [0.1, 0.15) is 19.3 Å². The molecule has 0 bridgehead atoms. The van der Waals surface area contributed by atoms with Gasteiger partial charge in [-0.3, -0.25) is 0 Å². The van der Waals surface area contributed by atoms with Gasteiger partial charge in [-0.15, -0.1) is 0 Å². The summed E-state index contributed by atoms with van der Waals surface area (Å²) < 4.78 is 71.6. The molecule has 0 aliphatic heterocycles. The van der Waals surface area contributed by atoms with Crippen molar-refractivity contribution in [1.29, 1.82) is 0 Å². The molecule has 15 heteroatoms. The topological polar surface area (TPSA) is 168 Å². The molecule has 0 aromatic carbocycles. The number of sulfone groups is 3. The van der Waals surface area contributed by atoms with Gasteiger partial charge in [0.05, 0.1) is 17.3 Å². The second kappa shape index (κ2) is 11.6. The lowest BCUT2D eigenvalue weighted by Gasteiger charge is -2.14. The summed E-state index contributed by atoms with van der Waals surface area (Å²) in [6, 6.07) is 0. The summed E-state index contributed by atoms with van der Waals surface area (Å²) in [6.45, 7) is 8.52. The molecular weight excluding hydrogens is 498 g/mol. The molecule has 1 rings (SSSR count). The van der Waals surface area contributed by atoms with Crippen LogP contribution in [-0.2, 0) is 49.1 Å². The van der Waals surface area contributed by atoms with Crippen LogP contribution in [-0.4, -0.2) is 56.2 Å². The summed E-state index contributed by atoms with van der Waals surface area (Å²) in [5, 5.41) is 2.24. The van der Waals surface area contributed by atoms with Gasteiger partial charge >= 0.3 is 17.1 Å². The average molecular weight is 526 g/mol. The fraction of sp³-hybridized carbons (Fsp3) is 0.500. The van der Waals surface area contributed by atoms with Gasteiger partial charge in [0.1, 0.15) is 0 Å². The highest BCUT2D eigenvalue weighted by molar-refractivity contribution is 7.94. The molecule has 12 nitrogen and oxygen atoms in total. The van der Waals surface area contributed by atoms with Gasteiger partial charge in [0.25, 0.3) is 0 Å². The molecule has 1 aromatic rings. The molecule has 0 aliphatic carbocycles. The first-order valence-corrected chi connectivity index (χ1v) is 14.8. The first-order chi connectivity index (χ1) is 15.2. The highest BCUT2D eigenvalue weighted by Gasteiger charge is 2.17. The molecule has 0 amide bonds. The van der Waals surface area contributed by atoms with Gasteiger partial charge in [0, 0.05) is 35.9 Å². The van der Waals surface area contributed by atoms with Crippen LogP contribution in [0.25, 0.3) is 0 Å². The predicted molar refractivity (Wildman–Crippen MR) is 125 cm³/mol. The second-order valence-corrected chi connectivity index (χ2v) is 13.2. The van der Waals surface area contributed by atoms with Gasteiger partial charge in [-0.05, 0) is 19.3 Å². The van der Waals surface area contributed by atoms with E-state index in [1.807, 2.05) is 0 Å². The molecule has 0 unspecified atom stereocenters. The average Bonchev–Trinajstić information content (AvgIpc) is 2.75. The SMILES string of the molecule is C=CS(=O)(=O)CCCn1c(=O)n(CCCS(=O)(=O)C=C)c(=O)n(CCCS(=O)(=O)C=C)c1=O. The van der Waals surface area contributed by atoms with Crippen LogP contribution in [0.3, 0.4) is 0 Å². The Hall–Kier alpha value is -2.52. The van der Waals surface area contributed by atoms with Crippen molar-refractivity contribution in [3.8, 4) is 0 Å². The van der Waals surface area contributed by atoms with E-state index in [0.717, 1.165) is 16.2 Å². The molecule has 0 atom stereocenters. The molecule has 0 N–H and O–H groups in total. The summed E-state index contributed by atoms with van der Waals surface area (Å²) >= 11 is 0. The molecule has 0 saturated carbocycles. The van der Waals surface area contributed by atoms with Crippen LogP contribution in [0, 0.1) is 0 Å². The zero-order chi connectivity index (χ0) is 25.4. The number of rotatable bonds is 15. The van der Waals surface area contributed by atoms with E-state index in [-0.39, 0.29) is 38.9 Å². The fourth-order valence-corrected chi connectivity index (χ4v) is 4.87. The highest BCUT2D eigenvalue weighted by atomic mass is 32.2. The molecule has 0 saturated heterocycles. The zero-order valence-corrected chi connectivity index (χ0v) is 20.4. The largest absolute Gasteiger partial charge is 0.336 e. The van der Waals surface area contributed by atoms with E-state index in [1.165, 1.54) is 0 Å². The Morgan fingerprint density at radius 1 is 0.515 bits per heavy atom. The Balaban J connectivity index is 3.37. The second-order valence-electron chi connectivity index (χ2n) is 6.96. The van der Waals surface area contributed by atoms with E-state index >= 15 is 0 Å². The van der Waals surface area contributed by atoms with Crippen molar-refractivity contribution >= 4 is 29.5 Å². The Labute approximate surface area is 191 Å². The van der Waals surface area contributed by atoms with Crippen LogP contribution < -0.4 is 17.1 Å². The molecule has 0 fully saturated rings. The highest BCUT2D eigenvalue weighted by Crippen LogP contribution is 1.99. The summed E-state index contributed by atoms with van der Waals surface area (Å²) in [5.41, 5.74) is -3.06. The third-order valence-corrected chi connectivity index (χ3v) is 8.68. The number of aromatic nitrogens is 3. The summed E-state index contributed by atoms with van der Waals surface area (Å²) in [7, 11) is -10.8. The molecule has 1 aromatic heterocycles. The fourth-order valence-electron chi connectivity index (χ4n) is 2.78. The van der Waals surface area contributed by atoms with Crippen molar-refractivity contribution in [2.24, 2.45) is 0 Å². The summed E-state index contributed by atoms with van der Waals surface area (Å²) in [5.74, 6) is -1.18. The standard InChI is InChI=1S/C18H27N3O9S3/c1-4-31(25,26)13-7-10-19-16(22)20(11-8-14-32(27,28)5-2)18(24)21(17(19)23)12-9-15-33(29,30)6-3/h4-6H,1-3,7-15H2. The number of hydrogen-bond donors (Lipinski definition) is 0. The summed E-state index contributed by atoms with van der Waals surface area (Å²) in [4.78, 5) is 38.3. The van der Waals surface area contributed by atoms with E-state index in [9.17, 15) is 39.6 Å². The lowest BCUT2D eigenvalue weighted by atomic mass is 10.4. The van der Waals surface area contributed by atoms with E-state index in [4.69, 9.17) is 0 Å². The van der Waals surface area contributed by atoms with Gasteiger partial charge < -0.3 is 0 Å². The first kappa shape index (κ1) is 28.5. The molecule has 0 radical (unpaired) electrons. The maximum atomic E-state index is 12.8. The minimum Gasteiger partial charge on any atom is -0.247 e. The van der Waals surface area contributed by atoms with Crippen LogP contribution in [0.2, 0.25) is 0 Å². The van der Waals surface area contributed by atoms with Crippen molar-refractivity contribution in [2.75, 3.05) is 17.3 Å². The van der Waals surface area contributed by atoms with Crippen LogP contribution >= 0.6 is 0 Å². The third-order valence-electron chi connectivity index (χ3n) is 4.58. The number of hydrogen-bond acceptors (Lipinski definition) is 9. The molecule has 33 heavy (non-hydrogen) atoms. The molecule has 1 heterocycles. The van der Waals surface area contributed by atoms with Crippen molar-refractivity contribution in [3.05, 3.63) is 67.4 Å². The Kier molecular flexibility index (Phi) is 9.99. The molecule has 186 valence electrons. The minimum atomic E-state index is -3.59. The van der Waals surface area contributed by atoms with Crippen LogP contribution in [0.5, 0.6) is 0 Å². The van der Waals surface area contributed by atoms with Gasteiger partial charge in [-0.25, -0.2) is 53.3 Å². The quantitative estimate of drug-likeness (QED) is 0.279. The minimum absolute atomic E-state index is 0.128. The Morgan fingerprint density at radius 2 is 0.727 bits per heavy atom. The van der Waals surface area contributed by atoms with Crippen molar-refractivity contribution in [1.82, 2.24) is 13.7 Å². The normalized spacial score (nSPS) is 12.4. The van der Waals surface area contributed by atoms with E-state index in [1.54, 1.807) is 0 Å². The van der Waals surface area contributed by atoms with Crippen LogP contribution in [0.15, 0.2) is 50.3 Å². The zero-order valence-electron chi connectivity index (χ0n) is 18.0. The van der Waals surface area contributed by atoms with Crippen molar-refractivity contribution in [3.63, 3.8) is 0 Å². The first-order valence-electron chi connectivity index (χ1n) is 9.70. The maximum absolute atomic E-state index is 12.8. The predicted octanol–water partition coefficient (Wildman–Crippen LogP) is -0.983.